The fourth-order valence-corrected chi connectivity index (χ4v) is 1.69. The third-order valence-corrected chi connectivity index (χ3v) is 2.74. The van der Waals surface area contributed by atoms with Crippen LogP contribution in [0.3, 0.4) is 0 Å². The van der Waals surface area contributed by atoms with E-state index in [1.54, 1.807) is 0 Å². The lowest BCUT2D eigenvalue weighted by atomic mass is 10.2. The fourth-order valence-electron chi connectivity index (χ4n) is 1.69. The number of hydrogen-bond acceptors (Lipinski definition) is 5. The standard InChI is InChI=1S/C14H16F2N4O/c1-2-5-21-14-12(17)13(19-8-20-14)18-7-9-6-10(15)3-4-11(9)16/h3-4,6,8H,2,5,7,17H2,1H3,(H,18,19,20). The van der Waals surface area contributed by atoms with E-state index in [1.165, 1.54) is 6.33 Å². The van der Waals surface area contributed by atoms with Crippen LogP contribution in [0, 0.1) is 11.6 Å². The maximum atomic E-state index is 13.5. The van der Waals surface area contributed by atoms with E-state index < -0.39 is 11.6 Å². The van der Waals surface area contributed by atoms with Gasteiger partial charge >= 0.3 is 0 Å². The molecule has 0 aliphatic rings. The van der Waals surface area contributed by atoms with E-state index in [9.17, 15) is 8.78 Å². The van der Waals surface area contributed by atoms with Gasteiger partial charge in [0.05, 0.1) is 6.61 Å². The van der Waals surface area contributed by atoms with E-state index in [-0.39, 0.29) is 23.7 Å². The molecule has 3 N–H and O–H groups in total. The van der Waals surface area contributed by atoms with Gasteiger partial charge in [-0.3, -0.25) is 0 Å². The number of ether oxygens (including phenoxy) is 1. The first-order valence-electron chi connectivity index (χ1n) is 6.53. The van der Waals surface area contributed by atoms with Gasteiger partial charge in [0.15, 0.2) is 5.82 Å². The highest BCUT2D eigenvalue weighted by molar-refractivity contribution is 5.66. The van der Waals surface area contributed by atoms with Crippen LogP contribution in [-0.2, 0) is 6.54 Å². The van der Waals surface area contributed by atoms with E-state index in [2.05, 4.69) is 15.3 Å². The minimum absolute atomic E-state index is 0.0536. The maximum absolute atomic E-state index is 13.5. The Kier molecular flexibility index (Phi) is 4.86. The zero-order chi connectivity index (χ0) is 15.2. The third-order valence-electron chi connectivity index (χ3n) is 2.74. The van der Waals surface area contributed by atoms with Gasteiger partial charge in [-0.15, -0.1) is 0 Å². The number of aromatic nitrogens is 2. The second-order valence-electron chi connectivity index (χ2n) is 4.38. The molecule has 0 aliphatic carbocycles. The minimum atomic E-state index is -0.504. The molecule has 0 spiro atoms. The maximum Gasteiger partial charge on any atom is 0.242 e. The van der Waals surface area contributed by atoms with Gasteiger partial charge in [0.1, 0.15) is 23.6 Å². The molecule has 1 heterocycles. The van der Waals surface area contributed by atoms with Crippen molar-refractivity contribution in [1.82, 2.24) is 9.97 Å². The molecule has 7 heteroatoms. The Balaban J connectivity index is 2.11. The second kappa shape index (κ2) is 6.83. The van der Waals surface area contributed by atoms with Crippen LogP contribution in [-0.4, -0.2) is 16.6 Å². The number of nitrogens with two attached hydrogens (primary N) is 1. The van der Waals surface area contributed by atoms with Crippen molar-refractivity contribution in [2.45, 2.75) is 19.9 Å². The molecule has 21 heavy (non-hydrogen) atoms. The van der Waals surface area contributed by atoms with E-state index >= 15 is 0 Å². The molecule has 0 saturated carbocycles. The molecule has 1 aromatic heterocycles. The Bertz CT molecular complexity index is 622. The Labute approximate surface area is 121 Å². The number of benzene rings is 1. The molecule has 1 aromatic carbocycles. The zero-order valence-corrected chi connectivity index (χ0v) is 11.6. The molecular formula is C14H16F2N4O. The molecule has 5 nitrogen and oxygen atoms in total. The lowest BCUT2D eigenvalue weighted by molar-refractivity contribution is 0.306. The first-order valence-corrected chi connectivity index (χ1v) is 6.53. The highest BCUT2D eigenvalue weighted by Gasteiger charge is 2.10. The number of halogens is 2. The summed E-state index contributed by atoms with van der Waals surface area (Å²) in [6.07, 6.45) is 2.12. The van der Waals surface area contributed by atoms with Crippen LogP contribution in [0.15, 0.2) is 24.5 Å². The highest BCUT2D eigenvalue weighted by atomic mass is 19.1. The molecule has 0 aliphatic heterocycles. The van der Waals surface area contributed by atoms with E-state index in [0.717, 1.165) is 24.6 Å². The summed E-state index contributed by atoms with van der Waals surface area (Å²) < 4.78 is 32.0. The average molecular weight is 294 g/mol. The van der Waals surface area contributed by atoms with Gasteiger partial charge < -0.3 is 15.8 Å². The molecular weight excluding hydrogens is 278 g/mol. The van der Waals surface area contributed by atoms with Crippen LogP contribution in [0.25, 0.3) is 0 Å². The first kappa shape index (κ1) is 15.0. The number of hydrogen-bond donors (Lipinski definition) is 2. The van der Waals surface area contributed by atoms with Crippen LogP contribution in [0.1, 0.15) is 18.9 Å². The summed E-state index contributed by atoms with van der Waals surface area (Å²) in [4.78, 5) is 7.90. The van der Waals surface area contributed by atoms with Crippen molar-refractivity contribution in [3.8, 4) is 5.88 Å². The van der Waals surface area contributed by atoms with Gasteiger partial charge in [-0.1, -0.05) is 6.92 Å². The van der Waals surface area contributed by atoms with Gasteiger partial charge in [-0.2, -0.15) is 4.98 Å². The summed E-state index contributed by atoms with van der Waals surface area (Å²) in [7, 11) is 0. The summed E-state index contributed by atoms with van der Waals surface area (Å²) in [6.45, 7) is 2.50. The molecule has 0 fully saturated rings. The summed E-state index contributed by atoms with van der Waals surface area (Å²) in [5.41, 5.74) is 6.30. The first-order chi connectivity index (χ1) is 10.1. The molecule has 0 saturated heterocycles. The van der Waals surface area contributed by atoms with Crippen molar-refractivity contribution < 1.29 is 13.5 Å². The minimum Gasteiger partial charge on any atom is -0.476 e. The molecule has 2 rings (SSSR count). The van der Waals surface area contributed by atoms with Crippen LogP contribution in [0.5, 0.6) is 5.88 Å². The fraction of sp³-hybridized carbons (Fsp3) is 0.286. The lowest BCUT2D eigenvalue weighted by Gasteiger charge is -2.12. The van der Waals surface area contributed by atoms with Crippen LogP contribution >= 0.6 is 0 Å². The molecule has 0 atom stereocenters. The predicted octanol–water partition coefficient (Wildman–Crippen LogP) is 2.74. The molecule has 0 unspecified atom stereocenters. The summed E-state index contributed by atoms with van der Waals surface area (Å²) in [5, 5.41) is 2.85. The Morgan fingerprint density at radius 1 is 1.29 bits per heavy atom. The van der Waals surface area contributed by atoms with Crippen LogP contribution in [0.4, 0.5) is 20.3 Å². The lowest BCUT2D eigenvalue weighted by Crippen LogP contribution is -2.09. The largest absolute Gasteiger partial charge is 0.476 e. The average Bonchev–Trinajstić information content (AvgIpc) is 2.48. The van der Waals surface area contributed by atoms with Crippen molar-refractivity contribution in [3.05, 3.63) is 41.7 Å². The summed E-state index contributed by atoms with van der Waals surface area (Å²) >= 11 is 0. The molecule has 0 amide bonds. The quantitative estimate of drug-likeness (QED) is 0.857. The van der Waals surface area contributed by atoms with E-state index in [1.807, 2.05) is 6.92 Å². The SMILES string of the molecule is CCCOc1ncnc(NCc2cc(F)ccc2F)c1N. The normalized spacial score (nSPS) is 10.4. The van der Waals surface area contributed by atoms with E-state index in [0.29, 0.717) is 12.4 Å². The van der Waals surface area contributed by atoms with Crippen LogP contribution < -0.4 is 15.8 Å². The van der Waals surface area contributed by atoms with Gasteiger partial charge in [0, 0.05) is 12.1 Å². The third kappa shape index (κ3) is 3.77. The van der Waals surface area contributed by atoms with Gasteiger partial charge in [-0.05, 0) is 24.6 Å². The predicted molar refractivity (Wildman–Crippen MR) is 75.9 cm³/mol. The van der Waals surface area contributed by atoms with Crippen molar-refractivity contribution >= 4 is 11.5 Å². The van der Waals surface area contributed by atoms with Gasteiger partial charge in [0.2, 0.25) is 5.88 Å². The second-order valence-corrected chi connectivity index (χ2v) is 4.38. The molecule has 2 aromatic rings. The van der Waals surface area contributed by atoms with Crippen molar-refractivity contribution in [2.24, 2.45) is 0 Å². The Hall–Kier alpha value is -2.44. The van der Waals surface area contributed by atoms with Crippen molar-refractivity contribution in [2.75, 3.05) is 17.7 Å². The highest BCUT2D eigenvalue weighted by Crippen LogP contribution is 2.25. The van der Waals surface area contributed by atoms with Gasteiger partial charge in [0.25, 0.3) is 0 Å². The summed E-state index contributed by atoms with van der Waals surface area (Å²) in [5.74, 6) is -0.413. The van der Waals surface area contributed by atoms with Gasteiger partial charge in [-0.25, -0.2) is 13.8 Å². The topological polar surface area (TPSA) is 73.1 Å². The van der Waals surface area contributed by atoms with Crippen molar-refractivity contribution in [1.29, 1.82) is 0 Å². The Morgan fingerprint density at radius 2 is 2.10 bits per heavy atom. The zero-order valence-electron chi connectivity index (χ0n) is 11.6. The smallest absolute Gasteiger partial charge is 0.242 e. The Morgan fingerprint density at radius 3 is 2.86 bits per heavy atom. The number of nitrogens with zero attached hydrogens (tertiary/aromatic N) is 2. The van der Waals surface area contributed by atoms with Crippen LogP contribution in [0.2, 0.25) is 0 Å². The monoisotopic (exact) mass is 294 g/mol. The number of nitrogen functional groups attached to an aromatic ring is 1. The molecule has 0 bridgehead atoms. The molecule has 112 valence electrons. The number of anilines is 2. The number of nitrogens with one attached hydrogen (secondary N) is 1. The van der Waals surface area contributed by atoms with E-state index in [4.69, 9.17) is 10.5 Å². The molecule has 0 radical (unpaired) electrons. The summed E-state index contributed by atoms with van der Waals surface area (Å²) in [6, 6.07) is 3.26. The van der Waals surface area contributed by atoms with Crippen molar-refractivity contribution in [3.63, 3.8) is 0 Å². The number of rotatable bonds is 6.